The first kappa shape index (κ1) is 24.2. The number of thiazole rings is 1. The van der Waals surface area contributed by atoms with Crippen molar-refractivity contribution in [3.63, 3.8) is 0 Å². The van der Waals surface area contributed by atoms with Crippen LogP contribution in [-0.2, 0) is 26.8 Å². The van der Waals surface area contributed by atoms with Crippen molar-refractivity contribution < 1.29 is 30.5 Å². The molecule has 0 bridgehead atoms. The zero-order chi connectivity index (χ0) is 23.6. The predicted molar refractivity (Wildman–Crippen MR) is 128 cm³/mol. The summed E-state index contributed by atoms with van der Waals surface area (Å²) in [5.74, 6) is -0.869. The van der Waals surface area contributed by atoms with Crippen LogP contribution in [0.3, 0.4) is 0 Å². The molecule has 3 aromatic rings. The van der Waals surface area contributed by atoms with Gasteiger partial charge in [0.2, 0.25) is 5.52 Å². The quantitative estimate of drug-likeness (QED) is 0.309. The second-order valence-corrected chi connectivity index (χ2v) is 12.7. The lowest BCUT2D eigenvalue weighted by Gasteiger charge is -2.20. The van der Waals surface area contributed by atoms with Crippen molar-refractivity contribution in [1.29, 1.82) is 0 Å². The van der Waals surface area contributed by atoms with Gasteiger partial charge in [0.05, 0.1) is 37.0 Å². The van der Waals surface area contributed by atoms with Crippen LogP contribution < -0.4 is 9.47 Å². The van der Waals surface area contributed by atoms with Crippen LogP contribution in [0.25, 0.3) is 16.3 Å². The van der Waals surface area contributed by atoms with Crippen molar-refractivity contribution >= 4 is 65.3 Å². The van der Waals surface area contributed by atoms with Crippen LogP contribution in [0.4, 0.5) is 5.69 Å². The van der Waals surface area contributed by atoms with Crippen molar-refractivity contribution in [2.75, 3.05) is 23.0 Å². The zero-order valence-corrected chi connectivity index (χ0v) is 20.7. The fourth-order valence-electron chi connectivity index (χ4n) is 3.69. The highest BCUT2D eigenvalue weighted by molar-refractivity contribution is 8.03. The largest absolute Gasteiger partial charge is 0.748 e. The molecule has 0 saturated heterocycles. The molecule has 33 heavy (non-hydrogen) atoms. The molecule has 176 valence electrons. The van der Waals surface area contributed by atoms with E-state index < -0.39 is 31.7 Å². The monoisotopic (exact) mass is 525 g/mol. The first-order chi connectivity index (χ1) is 15.6. The average molecular weight is 526 g/mol. The summed E-state index contributed by atoms with van der Waals surface area (Å²) < 4.78 is 69.5. The molecule has 1 aromatic heterocycles. The van der Waals surface area contributed by atoms with E-state index in [9.17, 15) is 25.9 Å². The first-order valence-corrected chi connectivity index (χ1v) is 14.9. The van der Waals surface area contributed by atoms with E-state index in [2.05, 4.69) is 0 Å². The number of nitrogens with zero attached hydrogens (tertiary/aromatic N) is 2. The Bertz CT molecular complexity index is 1410. The molecule has 1 aliphatic heterocycles. The van der Waals surface area contributed by atoms with E-state index in [1.165, 1.54) is 0 Å². The predicted octanol–water partition coefficient (Wildman–Crippen LogP) is 2.97. The molecule has 0 unspecified atom stereocenters. The number of hydrogen-bond donors (Lipinski definition) is 0. The lowest BCUT2D eigenvalue weighted by molar-refractivity contribution is -0.668. The number of benzene rings is 2. The minimum Gasteiger partial charge on any atom is -0.748 e. The number of para-hydroxylation sites is 2. The summed E-state index contributed by atoms with van der Waals surface area (Å²) >= 11 is 3.10. The number of rotatable bonds is 9. The molecular weight excluding hydrogens is 505 g/mol. The maximum absolute atomic E-state index is 11.1. The maximum Gasteiger partial charge on any atom is 0.265 e. The van der Waals surface area contributed by atoms with E-state index in [4.69, 9.17) is 0 Å². The Morgan fingerprint density at radius 3 is 2.33 bits per heavy atom. The molecule has 2 aromatic carbocycles. The van der Waals surface area contributed by atoms with Gasteiger partial charge in [0.25, 0.3) is 5.01 Å². The Morgan fingerprint density at radius 2 is 1.58 bits per heavy atom. The second kappa shape index (κ2) is 9.72. The van der Waals surface area contributed by atoms with Crippen molar-refractivity contribution in [3.8, 4) is 0 Å². The lowest BCUT2D eigenvalue weighted by Crippen LogP contribution is -2.36. The van der Waals surface area contributed by atoms with Gasteiger partial charge in [-0.2, -0.15) is 4.57 Å². The van der Waals surface area contributed by atoms with Gasteiger partial charge in [-0.15, -0.1) is 0 Å². The molecule has 0 fully saturated rings. The molecule has 2 heterocycles. The number of fused-ring (bicyclic) bond motifs is 2. The third-order valence-corrected chi connectivity index (χ3v) is 8.87. The summed E-state index contributed by atoms with van der Waals surface area (Å²) in [5, 5.41) is 1.77. The van der Waals surface area contributed by atoms with E-state index in [0.717, 1.165) is 30.8 Å². The highest BCUT2D eigenvalue weighted by Gasteiger charge is 2.27. The number of hydrogen-bond acceptors (Lipinski definition) is 9. The summed E-state index contributed by atoms with van der Waals surface area (Å²) in [5.41, 5.74) is 1.89. The molecule has 8 nitrogen and oxygen atoms in total. The summed E-state index contributed by atoms with van der Waals surface area (Å²) in [7, 11) is -8.59. The summed E-state index contributed by atoms with van der Waals surface area (Å²) in [6.45, 7) is 0.743. The van der Waals surface area contributed by atoms with Gasteiger partial charge in [-0.25, -0.2) is 16.8 Å². The standard InChI is InChI=1S/C21H22N2O6S4/c24-32(25,26)13-5-11-22-16-7-1-3-9-18(16)30-20(22)15-21-23(12-6-14-33(27,28)29)17-8-2-4-10-19(17)31-21/h1-4,7-10,15H,5-6,11-14H2,(H-,24,25,26,27,28,29)/p-1. The molecule has 0 amide bonds. The van der Waals surface area contributed by atoms with Gasteiger partial charge in [-0.3, -0.25) is 0 Å². The minimum atomic E-state index is -4.30. The second-order valence-electron chi connectivity index (χ2n) is 7.49. The maximum atomic E-state index is 11.1. The highest BCUT2D eigenvalue weighted by Crippen LogP contribution is 2.46. The molecule has 12 heteroatoms. The average Bonchev–Trinajstić information content (AvgIpc) is 3.25. The van der Waals surface area contributed by atoms with Gasteiger partial charge >= 0.3 is 0 Å². The molecule has 1 aliphatic rings. The van der Waals surface area contributed by atoms with Gasteiger partial charge in [0.1, 0.15) is 4.70 Å². The summed E-state index contributed by atoms with van der Waals surface area (Å²) in [4.78, 5) is 3.03. The number of aryl methyl sites for hydroxylation is 1. The van der Waals surface area contributed by atoms with Crippen molar-refractivity contribution in [2.45, 2.75) is 24.3 Å². The Balaban J connectivity index is 1.68. The topological polar surface area (TPSA) is 122 Å². The molecule has 0 radical (unpaired) electrons. The molecule has 4 rings (SSSR count). The Morgan fingerprint density at radius 1 is 0.909 bits per heavy atom. The van der Waals surface area contributed by atoms with Gasteiger partial charge in [-0.1, -0.05) is 47.4 Å². The van der Waals surface area contributed by atoms with Gasteiger partial charge in [0.15, 0.2) is 6.54 Å². The van der Waals surface area contributed by atoms with Crippen LogP contribution in [0.2, 0.25) is 0 Å². The van der Waals surface area contributed by atoms with Gasteiger partial charge in [0, 0.05) is 35.4 Å². The first-order valence-electron chi connectivity index (χ1n) is 10.2. The van der Waals surface area contributed by atoms with Crippen LogP contribution in [0.1, 0.15) is 17.8 Å². The number of anilines is 1. The fourth-order valence-corrected chi connectivity index (χ4v) is 6.98. The molecule has 0 spiro atoms. The Labute approximate surface area is 201 Å². The number of aromatic nitrogens is 1. The Hall–Kier alpha value is -1.96. The Kier molecular flexibility index (Phi) is 7.12. The zero-order valence-electron chi connectivity index (χ0n) is 17.4. The van der Waals surface area contributed by atoms with E-state index >= 15 is 0 Å². The summed E-state index contributed by atoms with van der Waals surface area (Å²) in [6.07, 6.45) is 2.39. The van der Waals surface area contributed by atoms with Crippen molar-refractivity contribution in [1.82, 2.24) is 0 Å². The van der Waals surface area contributed by atoms with Gasteiger partial charge < -0.3 is 14.0 Å². The lowest BCUT2D eigenvalue weighted by atomic mass is 10.3. The van der Waals surface area contributed by atoms with Crippen LogP contribution in [0.5, 0.6) is 0 Å². The molecule has 0 N–H and O–H groups in total. The van der Waals surface area contributed by atoms with Crippen LogP contribution in [-0.4, -0.2) is 44.0 Å². The minimum absolute atomic E-state index is 0.200. The third kappa shape index (κ3) is 6.14. The van der Waals surface area contributed by atoms with E-state index in [1.54, 1.807) is 23.1 Å². The normalized spacial score (nSPS) is 15.5. The highest BCUT2D eigenvalue weighted by atomic mass is 32.2. The van der Waals surface area contributed by atoms with E-state index in [1.807, 2.05) is 64.1 Å². The smallest absolute Gasteiger partial charge is 0.265 e. The van der Waals surface area contributed by atoms with E-state index in [0.29, 0.717) is 13.1 Å². The van der Waals surface area contributed by atoms with Crippen molar-refractivity contribution in [2.24, 2.45) is 0 Å². The van der Waals surface area contributed by atoms with E-state index in [-0.39, 0.29) is 12.8 Å². The molecule has 0 aliphatic carbocycles. The van der Waals surface area contributed by atoms with Crippen LogP contribution >= 0.6 is 23.1 Å². The van der Waals surface area contributed by atoms with Crippen LogP contribution in [0.15, 0.2) is 58.5 Å². The number of thioether (sulfide) groups is 1. The van der Waals surface area contributed by atoms with Gasteiger partial charge in [-0.05, 0) is 24.6 Å². The third-order valence-electron chi connectivity index (χ3n) is 5.07. The molecule has 0 saturated carbocycles. The molecular formula is C21H21N2O6S4-. The fraction of sp³-hybridized carbons (Fsp3) is 0.286. The molecule has 0 atom stereocenters. The SMILES string of the molecule is O=S(=O)([O-])CCCN1/C(=C/c2sc3ccccc3[n+]2CCCS(=O)(=O)[O-])Sc2ccccc21. The summed E-state index contributed by atoms with van der Waals surface area (Å²) in [6, 6.07) is 15.5. The van der Waals surface area contributed by atoms with Crippen LogP contribution in [0, 0.1) is 0 Å². The van der Waals surface area contributed by atoms with Crippen molar-refractivity contribution in [3.05, 3.63) is 58.6 Å².